The van der Waals surface area contributed by atoms with E-state index < -0.39 is 44.7 Å². The number of rotatable bonds is 13. The Morgan fingerprint density at radius 2 is 1.05 bits per heavy atom. The summed E-state index contributed by atoms with van der Waals surface area (Å²) < 4.78 is 92.0. The largest absolute Gasteiger partial charge is 0.474 e. The Balaban J connectivity index is 0.000000234. The first kappa shape index (κ1) is 62.3. The Hall–Kier alpha value is -6.87. The van der Waals surface area contributed by atoms with Gasteiger partial charge in [0.05, 0.1) is 15.4 Å². The minimum absolute atomic E-state index is 0.0228. The summed E-state index contributed by atoms with van der Waals surface area (Å²) in [4.78, 5) is 60.7. The number of carbonyl (C=O) groups excluding carboxylic acids is 2. The molecule has 17 nitrogen and oxygen atoms in total. The molecule has 2 aliphatic carbocycles. The number of nitro benzene ring substituents is 2. The number of carbonyl (C=O) groups is 1. The van der Waals surface area contributed by atoms with Crippen molar-refractivity contribution in [1.29, 1.82) is 0 Å². The van der Waals surface area contributed by atoms with E-state index in [1.165, 1.54) is 18.2 Å². The van der Waals surface area contributed by atoms with Crippen molar-refractivity contribution in [3.05, 3.63) is 116 Å². The fourth-order valence-electron chi connectivity index (χ4n) is 10.3. The zero-order valence-corrected chi connectivity index (χ0v) is 46.3. The molecule has 0 spiro atoms. The highest BCUT2D eigenvalue weighted by atomic mass is 19.4. The number of aromatic nitrogens is 2. The van der Waals surface area contributed by atoms with Crippen molar-refractivity contribution in [3.8, 4) is 11.8 Å². The van der Waals surface area contributed by atoms with Gasteiger partial charge >= 0.3 is 12.4 Å². The predicted molar refractivity (Wildman–Crippen MR) is 291 cm³/mol. The first-order valence-electron chi connectivity index (χ1n) is 27.2. The Bertz CT molecular complexity index is 2750. The van der Waals surface area contributed by atoms with Crippen LogP contribution in [0.2, 0.25) is 0 Å². The Morgan fingerprint density at radius 1 is 0.637 bits per heavy atom. The van der Waals surface area contributed by atoms with Crippen LogP contribution in [0.4, 0.5) is 49.1 Å². The number of halogens is 6. The van der Waals surface area contributed by atoms with Gasteiger partial charge in [-0.25, -0.2) is 19.8 Å². The molecule has 0 radical (unpaired) electrons. The Morgan fingerprint density at radius 3 is 1.40 bits per heavy atom. The molecule has 0 unspecified atom stereocenters. The molecule has 8 rings (SSSR count). The maximum atomic E-state index is 13.3. The van der Waals surface area contributed by atoms with Crippen molar-refractivity contribution in [2.45, 2.75) is 142 Å². The summed E-state index contributed by atoms with van der Waals surface area (Å²) >= 11 is 0. The molecule has 436 valence electrons. The van der Waals surface area contributed by atoms with Crippen LogP contribution in [0.15, 0.2) is 78.0 Å². The van der Waals surface area contributed by atoms with Gasteiger partial charge in [0.2, 0.25) is 23.7 Å². The Kier molecular flexibility index (Phi) is 21.5. The number of nitrogens with one attached hydrogen (secondary N) is 1. The van der Waals surface area contributed by atoms with Crippen molar-refractivity contribution in [1.82, 2.24) is 20.2 Å². The van der Waals surface area contributed by atoms with E-state index in [1.807, 2.05) is 49.9 Å². The molecule has 80 heavy (non-hydrogen) atoms. The molecule has 4 fully saturated rings. The van der Waals surface area contributed by atoms with Gasteiger partial charge in [-0.15, -0.1) is 0 Å². The van der Waals surface area contributed by atoms with E-state index in [-0.39, 0.29) is 40.9 Å². The van der Waals surface area contributed by atoms with Crippen molar-refractivity contribution in [2.24, 2.45) is 22.2 Å². The number of alkyl halides is 6. The molecule has 4 aliphatic rings. The fourth-order valence-corrected chi connectivity index (χ4v) is 10.3. The maximum Gasteiger partial charge on any atom is 0.423 e. The van der Waals surface area contributed by atoms with Crippen LogP contribution in [0.1, 0.15) is 122 Å². The molecule has 0 atom stereocenters. The number of nitro groups is 2. The van der Waals surface area contributed by atoms with Gasteiger partial charge in [-0.05, 0) is 138 Å². The van der Waals surface area contributed by atoms with Gasteiger partial charge in [0.1, 0.15) is 23.3 Å². The third-order valence-electron chi connectivity index (χ3n) is 14.3. The summed E-state index contributed by atoms with van der Waals surface area (Å²) in [6.07, 6.45) is 3.16. The number of ether oxygens (including phenoxy) is 2. The second-order valence-corrected chi connectivity index (χ2v) is 23.1. The molecule has 2 aliphatic heterocycles. The molecular formula is C57H73F6N9O8. The highest BCUT2D eigenvalue weighted by Crippen LogP contribution is 2.40. The van der Waals surface area contributed by atoms with Crippen LogP contribution in [0.5, 0.6) is 11.8 Å². The van der Waals surface area contributed by atoms with Crippen LogP contribution >= 0.6 is 0 Å². The average Bonchev–Trinajstić information content (AvgIpc) is 3.46. The summed E-state index contributed by atoms with van der Waals surface area (Å²) in [7, 11) is 0. The predicted octanol–water partition coefficient (Wildman–Crippen LogP) is 12.0. The normalized spacial score (nSPS) is 20.0. The number of hydrogen-bond donors (Lipinski definition) is 1. The lowest BCUT2D eigenvalue weighted by Gasteiger charge is -2.37. The van der Waals surface area contributed by atoms with E-state index in [9.17, 15) is 56.2 Å². The summed E-state index contributed by atoms with van der Waals surface area (Å²) in [5.41, 5.74) is -1.46. The average molecular weight is 1130 g/mol. The number of pyridine rings is 2. The highest BCUT2D eigenvalue weighted by molar-refractivity contribution is 5.77. The SMILES string of the molecule is CC(C)(C)CC(=O)N1CCN(c2ccnc(OC3CCC(Cc4ccc([N+](=O)[O-])c(C(F)(F)F)c4)CC3)c2)CC1.CC(C)(C)N=C=O.O=[N+]([O-])c1ccc(CC2CCC(Oc3cc(N4CCNCC4)ccn3)CC2)cc1C(F)(F)F. The molecule has 1 amide bonds. The monoisotopic (exact) mass is 1130 g/mol. The van der Waals surface area contributed by atoms with Gasteiger partial charge in [0.25, 0.3) is 11.4 Å². The quantitative estimate of drug-likeness (QED) is 0.0436. The van der Waals surface area contributed by atoms with Crippen LogP contribution < -0.4 is 24.6 Å². The van der Waals surface area contributed by atoms with Gasteiger partial charge in [0, 0.05) is 107 Å². The van der Waals surface area contributed by atoms with Crippen LogP contribution in [0, 0.1) is 37.5 Å². The fraction of sp³-hybridized carbons (Fsp3) is 0.579. The number of benzene rings is 2. The molecule has 2 aromatic heterocycles. The first-order chi connectivity index (χ1) is 37.6. The van der Waals surface area contributed by atoms with E-state index in [4.69, 9.17) is 9.47 Å². The number of isocyanates is 1. The van der Waals surface area contributed by atoms with Gasteiger partial charge in [0.15, 0.2) is 0 Å². The lowest BCUT2D eigenvalue weighted by Crippen LogP contribution is -2.49. The second kappa shape index (κ2) is 27.5. The topological polar surface area (TPSA) is 199 Å². The number of amides is 1. The van der Waals surface area contributed by atoms with E-state index in [0.717, 1.165) is 126 Å². The lowest BCUT2D eigenvalue weighted by molar-refractivity contribution is -0.388. The molecule has 4 aromatic rings. The number of anilines is 2. The van der Waals surface area contributed by atoms with Crippen molar-refractivity contribution >= 4 is 34.7 Å². The van der Waals surface area contributed by atoms with E-state index in [0.29, 0.717) is 55.2 Å². The van der Waals surface area contributed by atoms with Crippen LogP contribution in [0.25, 0.3) is 0 Å². The minimum Gasteiger partial charge on any atom is -0.474 e. The number of nitrogens with zero attached hydrogens (tertiary/aromatic N) is 8. The highest BCUT2D eigenvalue weighted by Gasteiger charge is 2.40. The molecule has 2 aromatic carbocycles. The van der Waals surface area contributed by atoms with Gasteiger partial charge in [-0.3, -0.25) is 25.0 Å². The first-order valence-corrected chi connectivity index (χ1v) is 27.2. The molecule has 2 saturated carbocycles. The zero-order valence-electron chi connectivity index (χ0n) is 46.3. The van der Waals surface area contributed by atoms with E-state index in [2.05, 4.69) is 50.8 Å². The standard InChI is InChI=1S/C29H37F3N4O4.C23H27F3N4O3.C5H9NO/c1-28(2,3)19-27(37)35-14-12-34(13-15-35)22-10-11-33-26(18-22)40-23-7-4-20(5-8-23)16-21-6-9-25(36(38)39)24(17-21)29(30,31)32;24-23(25,26)20-14-17(3-6-21(20)30(31)32)13-16-1-4-19(5-2-16)33-22-15-18(7-8-28-22)29-11-9-27-10-12-29;1-5(2,3)6-4-7/h6,9-11,17-18,20,23H,4-5,7-8,12-16,19H2,1-3H3;3,6-8,14-16,19,27H,1-2,4-5,9-13H2;1-3H3. The third-order valence-corrected chi connectivity index (χ3v) is 14.3. The van der Waals surface area contributed by atoms with E-state index in [1.54, 1.807) is 12.4 Å². The number of piperazine rings is 2. The van der Waals surface area contributed by atoms with Crippen molar-refractivity contribution in [2.75, 3.05) is 62.2 Å². The van der Waals surface area contributed by atoms with Crippen LogP contribution in [0.3, 0.4) is 0 Å². The molecule has 0 bridgehead atoms. The maximum absolute atomic E-state index is 13.3. The lowest BCUT2D eigenvalue weighted by atomic mass is 9.83. The van der Waals surface area contributed by atoms with Gasteiger partial charge < -0.3 is 29.5 Å². The minimum atomic E-state index is -4.78. The molecule has 4 heterocycles. The Labute approximate surface area is 462 Å². The molecule has 1 N–H and O–H groups in total. The van der Waals surface area contributed by atoms with Crippen molar-refractivity contribution < 1.29 is 55.3 Å². The summed E-state index contributed by atoms with van der Waals surface area (Å²) in [6.45, 7) is 18.3. The zero-order chi connectivity index (χ0) is 58.4. The van der Waals surface area contributed by atoms with Gasteiger partial charge in [-0.1, -0.05) is 32.9 Å². The van der Waals surface area contributed by atoms with Crippen molar-refractivity contribution in [3.63, 3.8) is 0 Å². The summed E-state index contributed by atoms with van der Waals surface area (Å²) in [5.74, 6) is 1.72. The van der Waals surface area contributed by atoms with Crippen LogP contribution in [-0.4, -0.2) is 107 Å². The third kappa shape index (κ3) is 19.4. The van der Waals surface area contributed by atoms with E-state index >= 15 is 0 Å². The summed E-state index contributed by atoms with van der Waals surface area (Å²) in [6, 6.07) is 14.4. The molecule has 23 heteroatoms. The number of hydrogen-bond acceptors (Lipinski definition) is 14. The van der Waals surface area contributed by atoms with Crippen LogP contribution in [-0.2, 0) is 34.8 Å². The molecule has 2 saturated heterocycles. The van der Waals surface area contributed by atoms with Gasteiger partial charge in [-0.2, -0.15) is 26.3 Å². The second-order valence-electron chi connectivity index (χ2n) is 23.1. The molecular weight excluding hydrogens is 1050 g/mol. The summed E-state index contributed by atoms with van der Waals surface area (Å²) in [5, 5.41) is 25.3. The smallest absolute Gasteiger partial charge is 0.423 e. The number of aliphatic imine (C=N–C) groups is 1.